The summed E-state index contributed by atoms with van der Waals surface area (Å²) in [4.78, 5) is 1.67. The van der Waals surface area contributed by atoms with Crippen molar-refractivity contribution in [1.82, 2.24) is 0 Å². The maximum Gasteiger partial charge on any atom is -1.00 e. The summed E-state index contributed by atoms with van der Waals surface area (Å²) in [7, 11) is -0.479. The molecule has 143 valence electrons. The molecular weight excluding hydrogens is 478 g/mol. The van der Waals surface area contributed by atoms with Crippen LogP contribution in [-0.2, 0) is 24.7 Å². The van der Waals surface area contributed by atoms with Crippen molar-refractivity contribution in [2.45, 2.75) is 46.2 Å². The first-order chi connectivity index (χ1) is 12.6. The third-order valence-corrected chi connectivity index (χ3v) is 10.2. The second-order valence-corrected chi connectivity index (χ2v) is 11.8. The Morgan fingerprint density at radius 3 is 2.29 bits per heavy atom. The first kappa shape index (κ1) is 23.7. The summed E-state index contributed by atoms with van der Waals surface area (Å²) in [5, 5.41) is 1.54. The van der Waals surface area contributed by atoms with Gasteiger partial charge in [0.25, 0.3) is 0 Å². The Kier molecular flexibility index (Phi) is 8.07. The standard InChI is InChI=1S/C24H25Si.2ClH.Zr/c1-5-25(6-2)23-15-21-20-12-11-16(3)13-19(20)14-22(21)24(17(23)4)18-9-7-8-10-18;;;/h7-9,11-13,15H,5-6,10H2,1-4H3;2*1H;/q;;;+2/p-2. The largest absolute Gasteiger partial charge is 1.00 e. The molecule has 0 saturated heterocycles. The fourth-order valence-electron chi connectivity index (χ4n) is 4.52. The van der Waals surface area contributed by atoms with Gasteiger partial charge in [0.1, 0.15) is 0 Å². The van der Waals surface area contributed by atoms with Crippen molar-refractivity contribution < 1.29 is 49.5 Å². The molecular formula is C24H25Cl2SiZr. The molecule has 28 heavy (non-hydrogen) atoms. The van der Waals surface area contributed by atoms with Crippen molar-refractivity contribution in [3.05, 3.63) is 74.8 Å². The quantitative estimate of drug-likeness (QED) is 0.505. The fraction of sp³-hybridized carbons (Fsp3) is 0.292. The number of halogens is 2. The van der Waals surface area contributed by atoms with Crippen LogP contribution < -0.4 is 30.0 Å². The first-order valence-corrected chi connectivity index (χ1v) is 12.8. The molecule has 0 unspecified atom stereocenters. The second kappa shape index (κ2) is 9.52. The minimum Gasteiger partial charge on any atom is -1.00 e. The monoisotopic (exact) mass is 501 g/mol. The van der Waals surface area contributed by atoms with Crippen molar-refractivity contribution >= 4 is 17.3 Å². The number of rotatable bonds is 3. The SMILES string of the molecule is CC[Si](CC)=c1cc2c(c(C3=CC=CC3)c1C)=[C]([Zr+2])c1cc(C)ccc1-2.[Cl-].[Cl-]. The maximum absolute atomic E-state index is 2.57. The molecule has 0 amide bonds. The molecule has 4 rings (SSSR count). The molecule has 0 N–H and O–H groups in total. The van der Waals surface area contributed by atoms with Gasteiger partial charge in [-0.05, 0) is 0 Å². The normalized spacial score (nSPS) is 13.5. The average molecular weight is 504 g/mol. The van der Waals surface area contributed by atoms with Crippen molar-refractivity contribution in [2.24, 2.45) is 0 Å². The van der Waals surface area contributed by atoms with Crippen LogP contribution in [-0.4, -0.2) is 8.41 Å². The summed E-state index contributed by atoms with van der Waals surface area (Å²) in [5.41, 5.74) is 10.4. The van der Waals surface area contributed by atoms with Crippen LogP contribution in [0.1, 0.15) is 42.5 Å². The van der Waals surface area contributed by atoms with Gasteiger partial charge in [-0.15, -0.1) is 0 Å². The minimum atomic E-state index is -0.479. The summed E-state index contributed by atoms with van der Waals surface area (Å²) >= 11 is 1.53. The number of aryl methyl sites for hydroxylation is 1. The second-order valence-electron chi connectivity index (χ2n) is 7.41. The van der Waals surface area contributed by atoms with Gasteiger partial charge in [-0.3, -0.25) is 0 Å². The third kappa shape index (κ3) is 3.79. The van der Waals surface area contributed by atoms with Gasteiger partial charge in [-0.25, -0.2) is 0 Å². The Balaban J connectivity index is 0.00000140. The molecule has 0 aliphatic heterocycles. The first-order valence-electron chi connectivity index (χ1n) is 9.65. The van der Waals surface area contributed by atoms with Crippen LogP contribution in [0.3, 0.4) is 0 Å². The van der Waals surface area contributed by atoms with Crippen LogP contribution in [0.15, 0.2) is 42.5 Å². The Bertz CT molecular complexity index is 1100. The predicted octanol–water partition coefficient (Wildman–Crippen LogP) is -0.294. The summed E-state index contributed by atoms with van der Waals surface area (Å²) < 4.78 is 1.55. The zero-order valence-corrected chi connectivity index (χ0v) is 21.9. The van der Waals surface area contributed by atoms with E-state index in [1.807, 2.05) is 0 Å². The van der Waals surface area contributed by atoms with E-state index in [0.29, 0.717) is 0 Å². The molecule has 0 fully saturated rings. The van der Waals surface area contributed by atoms with E-state index in [1.54, 1.807) is 19.2 Å². The number of hydrogen-bond acceptors (Lipinski definition) is 0. The van der Waals surface area contributed by atoms with E-state index >= 15 is 0 Å². The number of allylic oxidation sites excluding steroid dienone is 4. The van der Waals surface area contributed by atoms with Gasteiger partial charge in [-0.1, -0.05) is 0 Å². The van der Waals surface area contributed by atoms with Crippen molar-refractivity contribution in [2.75, 3.05) is 0 Å². The molecule has 0 aromatic heterocycles. The molecule has 0 spiro atoms. The predicted molar refractivity (Wildman–Crippen MR) is 111 cm³/mol. The van der Waals surface area contributed by atoms with E-state index < -0.39 is 8.41 Å². The van der Waals surface area contributed by atoms with Crippen LogP contribution in [0.2, 0.25) is 12.1 Å². The van der Waals surface area contributed by atoms with Gasteiger partial charge in [-0.2, -0.15) is 0 Å². The van der Waals surface area contributed by atoms with E-state index in [-0.39, 0.29) is 24.8 Å². The molecule has 0 atom stereocenters. The van der Waals surface area contributed by atoms with Crippen LogP contribution >= 0.6 is 0 Å². The van der Waals surface area contributed by atoms with Crippen molar-refractivity contribution in [1.29, 1.82) is 0 Å². The van der Waals surface area contributed by atoms with Gasteiger partial charge in [0.15, 0.2) is 0 Å². The molecule has 2 aliphatic rings. The molecule has 2 aromatic carbocycles. The summed E-state index contributed by atoms with van der Waals surface area (Å²) in [6.07, 6.45) is 7.95. The van der Waals surface area contributed by atoms with Gasteiger partial charge in [0, 0.05) is 0 Å². The van der Waals surface area contributed by atoms with Crippen LogP contribution in [0.4, 0.5) is 0 Å². The molecule has 0 radical (unpaired) electrons. The zero-order valence-electron chi connectivity index (χ0n) is 16.9. The maximum atomic E-state index is 2.57. The van der Waals surface area contributed by atoms with Crippen LogP contribution in [0.25, 0.3) is 20.0 Å². The molecule has 0 saturated carbocycles. The van der Waals surface area contributed by atoms with E-state index in [0.717, 1.165) is 6.42 Å². The van der Waals surface area contributed by atoms with E-state index in [2.05, 4.69) is 70.2 Å². The Labute approximate surface area is 197 Å². The van der Waals surface area contributed by atoms with E-state index in [9.17, 15) is 0 Å². The molecule has 2 aromatic rings. The number of benzene rings is 2. The van der Waals surface area contributed by atoms with Crippen molar-refractivity contribution in [3.63, 3.8) is 0 Å². The average Bonchev–Trinajstić information content (AvgIpc) is 3.25. The molecule has 4 heteroatoms. The van der Waals surface area contributed by atoms with E-state index in [4.69, 9.17) is 0 Å². The summed E-state index contributed by atoms with van der Waals surface area (Å²) in [5.74, 6) is 0. The summed E-state index contributed by atoms with van der Waals surface area (Å²) in [6, 6.07) is 12.2. The van der Waals surface area contributed by atoms with E-state index in [1.165, 1.54) is 69.9 Å². The Morgan fingerprint density at radius 2 is 1.68 bits per heavy atom. The fourth-order valence-corrected chi connectivity index (χ4v) is 7.93. The smallest absolute Gasteiger partial charge is 1.00 e. The minimum absolute atomic E-state index is 0. The van der Waals surface area contributed by atoms with Gasteiger partial charge < -0.3 is 24.8 Å². The molecule has 0 heterocycles. The topological polar surface area (TPSA) is 0 Å². The van der Waals surface area contributed by atoms with Crippen LogP contribution in [0.5, 0.6) is 0 Å². The van der Waals surface area contributed by atoms with Gasteiger partial charge in [0.05, 0.1) is 0 Å². The Morgan fingerprint density at radius 1 is 0.964 bits per heavy atom. The zero-order chi connectivity index (χ0) is 18.4. The third-order valence-electron chi connectivity index (χ3n) is 5.90. The van der Waals surface area contributed by atoms with Crippen molar-refractivity contribution in [3.8, 4) is 11.1 Å². The Hall–Kier alpha value is -0.530. The molecule has 0 nitrogen and oxygen atoms in total. The van der Waals surface area contributed by atoms with Crippen LogP contribution in [0, 0.1) is 18.7 Å². The molecule has 2 aliphatic carbocycles. The van der Waals surface area contributed by atoms with Gasteiger partial charge in [0.2, 0.25) is 0 Å². The number of fused-ring (bicyclic) bond motifs is 3. The molecule has 0 bridgehead atoms. The summed E-state index contributed by atoms with van der Waals surface area (Å²) in [6.45, 7) is 9.35. The van der Waals surface area contributed by atoms with Gasteiger partial charge >= 0.3 is 174 Å². The number of hydrogen-bond donors (Lipinski definition) is 0.